The van der Waals surface area contributed by atoms with E-state index in [0.717, 1.165) is 17.5 Å². The lowest BCUT2D eigenvalue weighted by atomic mass is 10.1. The highest BCUT2D eigenvalue weighted by Crippen LogP contribution is 2.14. The van der Waals surface area contributed by atoms with Crippen molar-refractivity contribution in [2.24, 2.45) is 5.73 Å². The monoisotopic (exact) mass is 168 g/mol. The van der Waals surface area contributed by atoms with Gasteiger partial charge in [0.2, 0.25) is 0 Å². The first-order valence-corrected chi connectivity index (χ1v) is 4.04. The molecular formula is C9H11ClN. The van der Waals surface area contributed by atoms with Gasteiger partial charge < -0.3 is 5.73 Å². The summed E-state index contributed by atoms with van der Waals surface area (Å²) >= 11 is 5.80. The quantitative estimate of drug-likeness (QED) is 0.720. The van der Waals surface area contributed by atoms with E-state index in [1.807, 2.05) is 12.1 Å². The number of hydrogen-bond acceptors (Lipinski definition) is 1. The zero-order chi connectivity index (χ0) is 8.27. The molecule has 1 aromatic rings. The van der Waals surface area contributed by atoms with Crippen LogP contribution in [-0.4, -0.2) is 0 Å². The fraction of sp³-hybridized carbons (Fsp3) is 0.333. The Bertz CT molecular complexity index is 223. The van der Waals surface area contributed by atoms with Crippen molar-refractivity contribution in [1.29, 1.82) is 0 Å². The zero-order valence-corrected chi connectivity index (χ0v) is 7.28. The third kappa shape index (κ3) is 2.21. The molecule has 0 fully saturated rings. The minimum absolute atomic E-state index is 0.543. The second-order valence-electron chi connectivity index (χ2n) is 2.42. The van der Waals surface area contributed by atoms with Gasteiger partial charge in [0.1, 0.15) is 0 Å². The smallest absolute Gasteiger partial charge is 0.0491 e. The molecule has 1 aromatic carbocycles. The first-order valence-electron chi connectivity index (χ1n) is 3.67. The molecule has 0 aliphatic heterocycles. The summed E-state index contributed by atoms with van der Waals surface area (Å²) in [4.78, 5) is 0. The van der Waals surface area contributed by atoms with Gasteiger partial charge in [-0.05, 0) is 23.6 Å². The van der Waals surface area contributed by atoms with Crippen LogP contribution < -0.4 is 5.73 Å². The molecule has 0 unspecified atom stereocenters. The molecule has 0 aromatic heterocycles. The number of hydrogen-bond donors (Lipinski definition) is 1. The number of halogens is 1. The summed E-state index contributed by atoms with van der Waals surface area (Å²) < 4.78 is 0. The van der Waals surface area contributed by atoms with E-state index < -0.39 is 0 Å². The van der Waals surface area contributed by atoms with Crippen molar-refractivity contribution in [2.75, 3.05) is 0 Å². The summed E-state index contributed by atoms with van der Waals surface area (Å²) in [5, 5.41) is 0.657. The average Bonchev–Trinajstić information content (AvgIpc) is 2.03. The molecule has 0 saturated carbocycles. The van der Waals surface area contributed by atoms with Crippen LogP contribution in [0, 0.1) is 6.07 Å². The van der Waals surface area contributed by atoms with Crippen LogP contribution in [-0.2, 0) is 13.0 Å². The molecule has 0 heterocycles. The van der Waals surface area contributed by atoms with Crippen molar-refractivity contribution in [3.63, 3.8) is 0 Å². The average molecular weight is 169 g/mol. The third-order valence-electron chi connectivity index (χ3n) is 1.57. The molecule has 0 saturated heterocycles. The van der Waals surface area contributed by atoms with E-state index >= 15 is 0 Å². The van der Waals surface area contributed by atoms with Crippen molar-refractivity contribution in [1.82, 2.24) is 0 Å². The van der Waals surface area contributed by atoms with E-state index in [4.69, 9.17) is 17.3 Å². The molecule has 59 valence electrons. The molecular weight excluding hydrogens is 158 g/mol. The summed E-state index contributed by atoms with van der Waals surface area (Å²) in [7, 11) is 0. The van der Waals surface area contributed by atoms with Crippen LogP contribution in [0.15, 0.2) is 12.1 Å². The van der Waals surface area contributed by atoms with Gasteiger partial charge >= 0.3 is 0 Å². The lowest BCUT2D eigenvalue weighted by Crippen LogP contribution is -1.97. The predicted octanol–water partition coefficient (Wildman–Crippen LogP) is 2.16. The van der Waals surface area contributed by atoms with Gasteiger partial charge in [0.25, 0.3) is 0 Å². The van der Waals surface area contributed by atoms with Crippen LogP contribution >= 0.6 is 11.6 Å². The molecule has 2 heteroatoms. The van der Waals surface area contributed by atoms with Gasteiger partial charge in [0.15, 0.2) is 0 Å². The van der Waals surface area contributed by atoms with Crippen LogP contribution in [0.1, 0.15) is 18.1 Å². The topological polar surface area (TPSA) is 26.0 Å². The van der Waals surface area contributed by atoms with Crippen LogP contribution in [0.2, 0.25) is 5.02 Å². The highest BCUT2D eigenvalue weighted by molar-refractivity contribution is 6.30. The summed E-state index contributed by atoms with van der Waals surface area (Å²) in [6, 6.07) is 6.92. The fourth-order valence-electron chi connectivity index (χ4n) is 0.962. The van der Waals surface area contributed by atoms with Gasteiger partial charge in [0, 0.05) is 17.6 Å². The maximum absolute atomic E-state index is 5.80. The Morgan fingerprint density at radius 1 is 1.55 bits per heavy atom. The van der Waals surface area contributed by atoms with Crippen molar-refractivity contribution in [3.8, 4) is 0 Å². The molecule has 1 rings (SSSR count). The van der Waals surface area contributed by atoms with Gasteiger partial charge in [0.05, 0.1) is 0 Å². The molecule has 0 spiro atoms. The molecule has 0 aliphatic carbocycles. The Balaban J connectivity index is 3.02. The zero-order valence-electron chi connectivity index (χ0n) is 6.52. The SMILES string of the molecule is CCc1[c]c(Cl)cc(CN)c1. The standard InChI is InChI=1S/C9H11ClN/c1-2-7-3-8(6-11)5-9(10)4-7/h3,5H,2,6,11H2,1H3. The summed E-state index contributed by atoms with van der Waals surface area (Å²) in [6.45, 7) is 2.61. The summed E-state index contributed by atoms with van der Waals surface area (Å²) in [5.74, 6) is 0. The highest BCUT2D eigenvalue weighted by Gasteiger charge is 1.96. The summed E-state index contributed by atoms with van der Waals surface area (Å²) in [6.07, 6.45) is 0.952. The molecule has 1 nitrogen and oxygen atoms in total. The van der Waals surface area contributed by atoms with Crippen molar-refractivity contribution >= 4 is 11.6 Å². The van der Waals surface area contributed by atoms with Crippen molar-refractivity contribution < 1.29 is 0 Å². The molecule has 2 N–H and O–H groups in total. The van der Waals surface area contributed by atoms with E-state index in [2.05, 4.69) is 13.0 Å². The van der Waals surface area contributed by atoms with Gasteiger partial charge in [-0.3, -0.25) is 0 Å². The molecule has 11 heavy (non-hydrogen) atoms. The number of nitrogens with two attached hydrogens (primary N) is 1. The van der Waals surface area contributed by atoms with E-state index in [1.165, 1.54) is 0 Å². The maximum atomic E-state index is 5.80. The Morgan fingerprint density at radius 3 is 2.82 bits per heavy atom. The van der Waals surface area contributed by atoms with Crippen LogP contribution in [0.3, 0.4) is 0 Å². The Kier molecular flexibility index (Phi) is 2.92. The number of rotatable bonds is 2. The highest BCUT2D eigenvalue weighted by atomic mass is 35.5. The number of benzene rings is 1. The van der Waals surface area contributed by atoms with E-state index in [9.17, 15) is 0 Å². The molecule has 0 amide bonds. The van der Waals surface area contributed by atoms with E-state index in [0.29, 0.717) is 11.6 Å². The minimum Gasteiger partial charge on any atom is -0.326 e. The molecule has 0 bridgehead atoms. The normalized spacial score (nSPS) is 10.1. The fourth-order valence-corrected chi connectivity index (χ4v) is 1.22. The first-order chi connectivity index (χ1) is 5.26. The van der Waals surface area contributed by atoms with Crippen molar-refractivity contribution in [2.45, 2.75) is 19.9 Å². The molecule has 0 aliphatic rings. The summed E-state index contributed by atoms with van der Waals surface area (Å²) in [5.41, 5.74) is 7.67. The third-order valence-corrected chi connectivity index (χ3v) is 1.77. The van der Waals surface area contributed by atoms with Gasteiger partial charge in [-0.25, -0.2) is 0 Å². The first kappa shape index (κ1) is 8.57. The lowest BCUT2D eigenvalue weighted by Gasteiger charge is -2.00. The van der Waals surface area contributed by atoms with Gasteiger partial charge in [-0.2, -0.15) is 0 Å². The van der Waals surface area contributed by atoms with Crippen molar-refractivity contribution in [3.05, 3.63) is 34.3 Å². The largest absolute Gasteiger partial charge is 0.326 e. The lowest BCUT2D eigenvalue weighted by molar-refractivity contribution is 1.05. The van der Waals surface area contributed by atoms with E-state index in [-0.39, 0.29) is 0 Å². The maximum Gasteiger partial charge on any atom is 0.0491 e. The molecule has 1 radical (unpaired) electrons. The predicted molar refractivity (Wildman–Crippen MR) is 47.6 cm³/mol. The van der Waals surface area contributed by atoms with Crippen LogP contribution in [0.5, 0.6) is 0 Å². The van der Waals surface area contributed by atoms with E-state index in [1.54, 1.807) is 0 Å². The van der Waals surface area contributed by atoms with Crippen LogP contribution in [0.4, 0.5) is 0 Å². The Labute approximate surface area is 72.2 Å². The second-order valence-corrected chi connectivity index (χ2v) is 2.83. The van der Waals surface area contributed by atoms with Gasteiger partial charge in [-0.1, -0.05) is 24.6 Å². The number of aryl methyl sites for hydroxylation is 1. The molecule has 0 atom stereocenters. The second kappa shape index (κ2) is 3.74. The Hall–Kier alpha value is -0.530. The minimum atomic E-state index is 0.543. The van der Waals surface area contributed by atoms with Gasteiger partial charge in [-0.15, -0.1) is 0 Å². The Morgan fingerprint density at radius 2 is 2.27 bits per heavy atom. The van der Waals surface area contributed by atoms with Crippen LogP contribution in [0.25, 0.3) is 0 Å².